The summed E-state index contributed by atoms with van der Waals surface area (Å²) in [5, 5.41) is 12.3. The first-order valence-corrected chi connectivity index (χ1v) is 7.38. The van der Waals surface area contributed by atoms with Gasteiger partial charge in [0, 0.05) is 12.6 Å². The number of fused-ring (bicyclic) bond motifs is 1. The maximum absolute atomic E-state index is 8.80. The zero-order valence-electron chi connectivity index (χ0n) is 12.5. The molecule has 22 heavy (non-hydrogen) atoms. The Morgan fingerprint density at radius 1 is 1.09 bits per heavy atom. The Kier molecular flexibility index (Phi) is 4.27. The lowest BCUT2D eigenvalue weighted by Crippen LogP contribution is -2.19. The van der Waals surface area contributed by atoms with E-state index in [0.29, 0.717) is 18.8 Å². The van der Waals surface area contributed by atoms with Crippen molar-refractivity contribution >= 4 is 0 Å². The first kappa shape index (κ1) is 14.4. The van der Waals surface area contributed by atoms with Crippen LogP contribution in [0.3, 0.4) is 0 Å². The largest absolute Gasteiger partial charge is 0.486 e. The van der Waals surface area contributed by atoms with E-state index >= 15 is 0 Å². The van der Waals surface area contributed by atoms with Crippen LogP contribution in [0.4, 0.5) is 0 Å². The molecule has 0 spiro atoms. The number of ether oxygens (including phenoxy) is 2. The second kappa shape index (κ2) is 6.50. The van der Waals surface area contributed by atoms with E-state index in [1.165, 1.54) is 0 Å². The van der Waals surface area contributed by atoms with Gasteiger partial charge in [-0.3, -0.25) is 0 Å². The summed E-state index contributed by atoms with van der Waals surface area (Å²) < 4.78 is 11.2. The van der Waals surface area contributed by atoms with Gasteiger partial charge in [-0.2, -0.15) is 5.26 Å². The van der Waals surface area contributed by atoms with Crippen molar-refractivity contribution in [1.82, 2.24) is 5.32 Å². The number of nitrogens with zero attached hydrogens (tertiary/aromatic N) is 1. The van der Waals surface area contributed by atoms with E-state index in [2.05, 4.69) is 24.4 Å². The maximum Gasteiger partial charge on any atom is 0.161 e. The van der Waals surface area contributed by atoms with Gasteiger partial charge in [-0.15, -0.1) is 0 Å². The molecule has 2 aromatic carbocycles. The minimum atomic E-state index is 0.200. The van der Waals surface area contributed by atoms with Crippen LogP contribution >= 0.6 is 0 Å². The van der Waals surface area contributed by atoms with Crippen LogP contribution in [0.2, 0.25) is 0 Å². The molecular weight excluding hydrogens is 276 g/mol. The molecule has 0 radical (unpaired) electrons. The van der Waals surface area contributed by atoms with Gasteiger partial charge in [0.1, 0.15) is 13.2 Å². The third kappa shape index (κ3) is 3.21. The molecule has 4 nitrogen and oxygen atoms in total. The summed E-state index contributed by atoms with van der Waals surface area (Å²) in [6.45, 7) is 4.08. The molecule has 4 heteroatoms. The lowest BCUT2D eigenvalue weighted by atomic mass is 10.1. The molecule has 1 aliphatic heterocycles. The van der Waals surface area contributed by atoms with Crippen LogP contribution in [0.25, 0.3) is 0 Å². The second-order valence-corrected chi connectivity index (χ2v) is 5.31. The monoisotopic (exact) mass is 294 g/mol. The molecule has 3 rings (SSSR count). The van der Waals surface area contributed by atoms with Crippen LogP contribution < -0.4 is 14.8 Å². The number of hydrogen-bond acceptors (Lipinski definition) is 4. The molecule has 1 N–H and O–H groups in total. The van der Waals surface area contributed by atoms with Crippen molar-refractivity contribution in [3.63, 3.8) is 0 Å². The van der Waals surface area contributed by atoms with E-state index in [0.717, 1.165) is 29.2 Å². The molecule has 1 aliphatic rings. The molecular formula is C18H18N2O2. The van der Waals surface area contributed by atoms with E-state index in [1.807, 2.05) is 36.4 Å². The number of rotatable bonds is 4. The summed E-state index contributed by atoms with van der Waals surface area (Å²) in [5.74, 6) is 1.63. The molecule has 0 unspecified atom stereocenters. The van der Waals surface area contributed by atoms with Gasteiger partial charge in [-0.05, 0) is 42.3 Å². The topological polar surface area (TPSA) is 54.3 Å². The molecule has 0 aliphatic carbocycles. The fraction of sp³-hybridized carbons (Fsp3) is 0.278. The van der Waals surface area contributed by atoms with E-state index in [1.54, 1.807) is 0 Å². The Balaban J connectivity index is 1.64. The summed E-state index contributed by atoms with van der Waals surface area (Å²) in [7, 11) is 0. The normalized spacial score (nSPS) is 14.2. The molecule has 0 fully saturated rings. The van der Waals surface area contributed by atoms with Gasteiger partial charge < -0.3 is 14.8 Å². The van der Waals surface area contributed by atoms with Crippen molar-refractivity contribution in [3.8, 4) is 17.6 Å². The molecule has 0 bridgehead atoms. The zero-order valence-corrected chi connectivity index (χ0v) is 12.5. The molecule has 1 heterocycles. The summed E-state index contributed by atoms with van der Waals surface area (Å²) in [5.41, 5.74) is 3.00. The molecule has 112 valence electrons. The summed E-state index contributed by atoms with van der Waals surface area (Å²) in [6, 6.07) is 16.0. The Labute approximate surface area is 130 Å². The molecule has 0 saturated heterocycles. The second-order valence-electron chi connectivity index (χ2n) is 5.31. The van der Waals surface area contributed by atoms with Gasteiger partial charge in [0.05, 0.1) is 11.6 Å². The zero-order chi connectivity index (χ0) is 15.4. The third-order valence-corrected chi connectivity index (χ3v) is 3.76. The Morgan fingerprint density at radius 3 is 2.55 bits per heavy atom. The molecule has 0 saturated carbocycles. The Hall–Kier alpha value is -2.51. The van der Waals surface area contributed by atoms with E-state index in [9.17, 15) is 0 Å². The first-order valence-electron chi connectivity index (χ1n) is 7.38. The highest BCUT2D eigenvalue weighted by molar-refractivity contribution is 5.44. The summed E-state index contributed by atoms with van der Waals surface area (Å²) in [4.78, 5) is 0. The quantitative estimate of drug-likeness (QED) is 0.941. The van der Waals surface area contributed by atoms with Crippen molar-refractivity contribution in [1.29, 1.82) is 5.26 Å². The molecule has 0 aromatic heterocycles. The molecule has 0 amide bonds. The maximum atomic E-state index is 8.80. The van der Waals surface area contributed by atoms with Crippen molar-refractivity contribution in [2.24, 2.45) is 0 Å². The van der Waals surface area contributed by atoms with Crippen molar-refractivity contribution in [2.75, 3.05) is 13.2 Å². The van der Waals surface area contributed by atoms with Crippen LogP contribution in [0.5, 0.6) is 11.5 Å². The van der Waals surface area contributed by atoms with Crippen LogP contribution in [0.1, 0.15) is 29.7 Å². The van der Waals surface area contributed by atoms with Crippen LogP contribution in [-0.4, -0.2) is 13.2 Å². The van der Waals surface area contributed by atoms with Crippen molar-refractivity contribution in [3.05, 3.63) is 59.2 Å². The first-order chi connectivity index (χ1) is 10.8. The van der Waals surface area contributed by atoms with E-state index < -0.39 is 0 Å². The molecule has 1 atom stereocenters. The highest BCUT2D eigenvalue weighted by Gasteiger charge is 2.14. The van der Waals surface area contributed by atoms with Gasteiger partial charge in [-0.25, -0.2) is 0 Å². The average Bonchev–Trinajstić information content (AvgIpc) is 2.59. The SMILES string of the molecule is C[C@@H](NCc1ccc(C#N)cc1)c1ccc2c(c1)OCCO2. The third-order valence-electron chi connectivity index (χ3n) is 3.76. The fourth-order valence-corrected chi connectivity index (χ4v) is 2.42. The number of benzene rings is 2. The fourth-order valence-electron chi connectivity index (χ4n) is 2.42. The van der Waals surface area contributed by atoms with Crippen molar-refractivity contribution in [2.45, 2.75) is 19.5 Å². The minimum Gasteiger partial charge on any atom is -0.486 e. The average molecular weight is 294 g/mol. The van der Waals surface area contributed by atoms with Gasteiger partial charge in [0.15, 0.2) is 11.5 Å². The highest BCUT2D eigenvalue weighted by Crippen LogP contribution is 2.32. The smallest absolute Gasteiger partial charge is 0.161 e. The number of hydrogen-bond donors (Lipinski definition) is 1. The van der Waals surface area contributed by atoms with Gasteiger partial charge in [0.25, 0.3) is 0 Å². The van der Waals surface area contributed by atoms with E-state index in [-0.39, 0.29) is 6.04 Å². The van der Waals surface area contributed by atoms with Crippen LogP contribution in [-0.2, 0) is 6.54 Å². The van der Waals surface area contributed by atoms with Crippen LogP contribution in [0, 0.1) is 11.3 Å². The number of nitrogens with one attached hydrogen (secondary N) is 1. The standard InChI is InChI=1S/C18H18N2O2/c1-13(20-12-15-4-2-14(11-19)3-5-15)16-6-7-17-18(10-16)22-9-8-21-17/h2-7,10,13,20H,8-9,12H2,1H3/t13-/m1/s1. The number of nitriles is 1. The lowest BCUT2D eigenvalue weighted by molar-refractivity contribution is 0.171. The van der Waals surface area contributed by atoms with Gasteiger partial charge in [0.2, 0.25) is 0 Å². The Bertz CT molecular complexity index is 689. The highest BCUT2D eigenvalue weighted by atomic mass is 16.6. The minimum absolute atomic E-state index is 0.200. The lowest BCUT2D eigenvalue weighted by Gasteiger charge is -2.21. The van der Waals surface area contributed by atoms with Gasteiger partial charge >= 0.3 is 0 Å². The summed E-state index contributed by atoms with van der Waals surface area (Å²) >= 11 is 0. The predicted molar refractivity (Wildman–Crippen MR) is 83.8 cm³/mol. The van der Waals surface area contributed by atoms with Crippen LogP contribution in [0.15, 0.2) is 42.5 Å². The van der Waals surface area contributed by atoms with Gasteiger partial charge in [-0.1, -0.05) is 18.2 Å². The Morgan fingerprint density at radius 2 is 1.82 bits per heavy atom. The molecule has 2 aromatic rings. The summed E-state index contributed by atoms with van der Waals surface area (Å²) in [6.07, 6.45) is 0. The van der Waals surface area contributed by atoms with E-state index in [4.69, 9.17) is 14.7 Å². The van der Waals surface area contributed by atoms with Crippen molar-refractivity contribution < 1.29 is 9.47 Å². The predicted octanol–water partition coefficient (Wildman–Crippen LogP) is 3.18.